The minimum atomic E-state index is -0.0579. The number of carbonyl (C=O) groups is 1. The van der Waals surface area contributed by atoms with E-state index in [2.05, 4.69) is 22.4 Å². The molecule has 4 aromatic rings. The van der Waals surface area contributed by atoms with Gasteiger partial charge in [-0.2, -0.15) is 5.10 Å². The lowest BCUT2D eigenvalue weighted by Crippen LogP contribution is -2.31. The average Bonchev–Trinajstić information content (AvgIpc) is 3.26. The Morgan fingerprint density at radius 1 is 1.03 bits per heavy atom. The second-order valence-corrected chi connectivity index (χ2v) is 6.96. The molecule has 2 heterocycles. The summed E-state index contributed by atoms with van der Waals surface area (Å²) in [6.07, 6.45) is 0.911. The summed E-state index contributed by atoms with van der Waals surface area (Å²) in [6, 6.07) is 19.4. The minimum absolute atomic E-state index is 0.0579. The molecule has 0 unspecified atom stereocenters. The Bertz CT molecular complexity index is 1150. The van der Waals surface area contributed by atoms with Crippen LogP contribution in [0.1, 0.15) is 30.8 Å². The van der Waals surface area contributed by atoms with E-state index in [4.69, 9.17) is 9.97 Å². The third-order valence-electron chi connectivity index (χ3n) is 4.85. The van der Waals surface area contributed by atoms with Crippen molar-refractivity contribution in [2.45, 2.75) is 20.3 Å². The molecule has 0 saturated heterocycles. The summed E-state index contributed by atoms with van der Waals surface area (Å²) in [7, 11) is 0. The molecule has 0 radical (unpaired) electrons. The Morgan fingerprint density at radius 2 is 1.80 bits per heavy atom. The van der Waals surface area contributed by atoms with Crippen LogP contribution < -0.4 is 5.32 Å². The van der Waals surface area contributed by atoms with Crippen molar-refractivity contribution in [3.05, 3.63) is 66.4 Å². The van der Waals surface area contributed by atoms with Crippen molar-refractivity contribution < 1.29 is 4.79 Å². The Labute approximate surface area is 175 Å². The Kier molecular flexibility index (Phi) is 5.70. The Morgan fingerprint density at radius 3 is 2.57 bits per heavy atom. The number of H-pyrrole nitrogens is 1. The highest BCUT2D eigenvalue weighted by Gasteiger charge is 2.17. The number of para-hydroxylation sites is 1. The number of amides is 1. The molecular weight excluding hydrogens is 376 g/mol. The summed E-state index contributed by atoms with van der Waals surface area (Å²) in [5.41, 5.74) is 2.22. The fourth-order valence-electron chi connectivity index (χ4n) is 3.35. The van der Waals surface area contributed by atoms with Crippen LogP contribution in [0.5, 0.6) is 0 Å². The Balaban J connectivity index is 1.67. The summed E-state index contributed by atoms with van der Waals surface area (Å²) >= 11 is 0. The molecule has 0 bridgehead atoms. The zero-order chi connectivity index (χ0) is 20.9. The van der Waals surface area contributed by atoms with Gasteiger partial charge in [-0.05, 0) is 25.5 Å². The van der Waals surface area contributed by atoms with Gasteiger partial charge in [-0.3, -0.25) is 9.89 Å². The van der Waals surface area contributed by atoms with Crippen LogP contribution in [0, 0.1) is 0 Å². The number of fused-ring (bicyclic) bond motifs is 1. The number of anilines is 2. The molecule has 152 valence electrons. The molecule has 0 atom stereocenters. The van der Waals surface area contributed by atoms with Crippen LogP contribution in [0.15, 0.2) is 60.7 Å². The fraction of sp³-hybridized carbons (Fsp3) is 0.217. The second-order valence-electron chi connectivity index (χ2n) is 6.96. The van der Waals surface area contributed by atoms with Crippen LogP contribution in [-0.2, 0) is 0 Å². The maximum atomic E-state index is 12.7. The average molecular weight is 400 g/mol. The zero-order valence-corrected chi connectivity index (χ0v) is 17.1. The van der Waals surface area contributed by atoms with E-state index in [-0.39, 0.29) is 5.91 Å². The van der Waals surface area contributed by atoms with Crippen LogP contribution >= 0.6 is 0 Å². The van der Waals surface area contributed by atoms with Gasteiger partial charge in [0.25, 0.3) is 5.91 Å². The van der Waals surface area contributed by atoms with Gasteiger partial charge in [-0.15, -0.1) is 0 Å². The first-order chi connectivity index (χ1) is 14.7. The SMILES string of the molecule is CCCN(CC)C(=O)c1cc(Nc2nc(-c3ccccc3)nc3ccccc23)n[nH]1. The molecule has 2 N–H and O–H groups in total. The van der Waals surface area contributed by atoms with Gasteiger partial charge in [0.2, 0.25) is 0 Å². The maximum absolute atomic E-state index is 12.7. The van der Waals surface area contributed by atoms with E-state index in [9.17, 15) is 4.79 Å². The summed E-state index contributed by atoms with van der Waals surface area (Å²) in [5, 5.41) is 11.3. The predicted octanol–water partition coefficient (Wildman–Crippen LogP) is 4.64. The zero-order valence-electron chi connectivity index (χ0n) is 17.1. The molecule has 7 nitrogen and oxygen atoms in total. The number of aromatic nitrogens is 4. The number of benzene rings is 2. The summed E-state index contributed by atoms with van der Waals surface area (Å²) < 4.78 is 0. The number of hydrogen-bond acceptors (Lipinski definition) is 5. The molecule has 4 rings (SSSR count). The van der Waals surface area contributed by atoms with Gasteiger partial charge >= 0.3 is 0 Å². The van der Waals surface area contributed by atoms with Gasteiger partial charge in [-0.1, -0.05) is 49.4 Å². The Hall–Kier alpha value is -3.74. The standard InChI is InChI=1S/C23H24N6O/c1-3-14-29(4-2)23(30)19-15-20(28-27-19)25-22-17-12-8-9-13-18(17)24-21(26-22)16-10-6-5-7-11-16/h5-13,15H,3-4,14H2,1-2H3,(H2,24,25,26,27,28). The van der Waals surface area contributed by atoms with Crippen molar-refractivity contribution in [3.8, 4) is 11.4 Å². The molecule has 0 spiro atoms. The van der Waals surface area contributed by atoms with Gasteiger partial charge in [0.15, 0.2) is 11.6 Å². The van der Waals surface area contributed by atoms with E-state index in [1.165, 1.54) is 0 Å². The highest BCUT2D eigenvalue weighted by molar-refractivity contribution is 5.94. The molecule has 2 aromatic carbocycles. The van der Waals surface area contributed by atoms with Gasteiger partial charge in [-0.25, -0.2) is 9.97 Å². The summed E-state index contributed by atoms with van der Waals surface area (Å²) in [5.74, 6) is 1.75. The molecule has 30 heavy (non-hydrogen) atoms. The van der Waals surface area contributed by atoms with Gasteiger partial charge in [0.05, 0.1) is 5.52 Å². The van der Waals surface area contributed by atoms with E-state index in [1.807, 2.05) is 61.5 Å². The molecule has 0 fully saturated rings. The topological polar surface area (TPSA) is 86.8 Å². The van der Waals surface area contributed by atoms with Gasteiger partial charge in [0.1, 0.15) is 11.5 Å². The highest BCUT2D eigenvalue weighted by Crippen LogP contribution is 2.27. The van der Waals surface area contributed by atoms with Crippen molar-refractivity contribution in [2.24, 2.45) is 0 Å². The quantitative estimate of drug-likeness (QED) is 0.472. The number of aromatic amines is 1. The smallest absolute Gasteiger partial charge is 0.271 e. The lowest BCUT2D eigenvalue weighted by atomic mass is 10.2. The molecule has 1 amide bonds. The van der Waals surface area contributed by atoms with E-state index in [0.29, 0.717) is 36.2 Å². The summed E-state index contributed by atoms with van der Waals surface area (Å²) in [4.78, 5) is 23.9. The van der Waals surface area contributed by atoms with Crippen LogP contribution in [-0.4, -0.2) is 44.1 Å². The summed E-state index contributed by atoms with van der Waals surface area (Å²) in [6.45, 7) is 5.40. The van der Waals surface area contributed by atoms with Crippen LogP contribution in [0.4, 0.5) is 11.6 Å². The maximum Gasteiger partial charge on any atom is 0.271 e. The third-order valence-corrected chi connectivity index (χ3v) is 4.85. The van der Waals surface area contributed by atoms with E-state index < -0.39 is 0 Å². The first kappa shape index (κ1) is 19.6. The molecule has 2 aromatic heterocycles. The van der Waals surface area contributed by atoms with E-state index in [0.717, 1.165) is 22.9 Å². The lowest BCUT2D eigenvalue weighted by Gasteiger charge is -2.18. The number of carbonyl (C=O) groups excluding carboxylic acids is 1. The van der Waals surface area contributed by atoms with Crippen molar-refractivity contribution >= 4 is 28.4 Å². The molecular formula is C23H24N6O. The van der Waals surface area contributed by atoms with Crippen LogP contribution in [0.2, 0.25) is 0 Å². The first-order valence-corrected chi connectivity index (χ1v) is 10.1. The van der Waals surface area contributed by atoms with Gasteiger partial charge < -0.3 is 10.2 Å². The monoisotopic (exact) mass is 400 g/mol. The number of rotatable bonds is 7. The highest BCUT2D eigenvalue weighted by atomic mass is 16.2. The van der Waals surface area contributed by atoms with Crippen molar-refractivity contribution in [1.82, 2.24) is 25.1 Å². The van der Waals surface area contributed by atoms with Crippen LogP contribution in [0.25, 0.3) is 22.3 Å². The number of nitrogens with one attached hydrogen (secondary N) is 2. The molecule has 0 saturated carbocycles. The fourth-order valence-corrected chi connectivity index (χ4v) is 3.35. The first-order valence-electron chi connectivity index (χ1n) is 10.1. The van der Waals surface area contributed by atoms with Crippen molar-refractivity contribution in [2.75, 3.05) is 18.4 Å². The number of hydrogen-bond donors (Lipinski definition) is 2. The molecule has 7 heteroatoms. The molecule has 0 aliphatic rings. The third kappa shape index (κ3) is 4.00. The van der Waals surface area contributed by atoms with Crippen LogP contribution in [0.3, 0.4) is 0 Å². The predicted molar refractivity (Wildman–Crippen MR) is 119 cm³/mol. The van der Waals surface area contributed by atoms with Crippen molar-refractivity contribution in [3.63, 3.8) is 0 Å². The normalized spacial score (nSPS) is 10.9. The number of nitrogens with zero attached hydrogens (tertiary/aromatic N) is 4. The molecule has 0 aliphatic heterocycles. The van der Waals surface area contributed by atoms with E-state index in [1.54, 1.807) is 11.0 Å². The second kappa shape index (κ2) is 8.73. The van der Waals surface area contributed by atoms with Gasteiger partial charge in [0, 0.05) is 30.1 Å². The minimum Gasteiger partial charge on any atom is -0.338 e. The largest absolute Gasteiger partial charge is 0.338 e. The molecule has 0 aliphatic carbocycles. The van der Waals surface area contributed by atoms with Crippen molar-refractivity contribution in [1.29, 1.82) is 0 Å². The van der Waals surface area contributed by atoms with E-state index >= 15 is 0 Å². The lowest BCUT2D eigenvalue weighted by molar-refractivity contribution is 0.0758.